The molecule has 0 aromatic carbocycles. The molecule has 1 unspecified atom stereocenters. The summed E-state index contributed by atoms with van der Waals surface area (Å²) in [5, 5.41) is 2.15. The Labute approximate surface area is 77.1 Å². The molecule has 4 heteroatoms. The number of carbonyl (C=O) groups excluding carboxylic acids is 1. The van der Waals surface area contributed by atoms with Gasteiger partial charge in [-0.3, -0.25) is 4.79 Å². The van der Waals surface area contributed by atoms with Crippen molar-refractivity contribution >= 4 is 29.3 Å². The van der Waals surface area contributed by atoms with Crippen LogP contribution in [0.15, 0.2) is 0 Å². The Bertz CT molecular complexity index is 121. The maximum absolute atomic E-state index is 10.9. The van der Waals surface area contributed by atoms with E-state index in [-0.39, 0.29) is 11.3 Å². The fraction of sp³-hybridized carbons (Fsp3) is 0.857. The summed E-state index contributed by atoms with van der Waals surface area (Å²) in [4.78, 5) is 10.9. The largest absolute Gasteiger partial charge is 0.358 e. The van der Waals surface area contributed by atoms with Crippen LogP contribution in [0.1, 0.15) is 13.3 Å². The zero-order valence-corrected chi connectivity index (χ0v) is 8.47. The monoisotopic (exact) mass is 195 g/mol. The molecule has 2 nitrogen and oxygen atoms in total. The molecule has 66 valence electrons. The SMILES string of the molecule is CCSCCC(Cl)C(=O)NC. The van der Waals surface area contributed by atoms with Crippen LogP contribution in [0.2, 0.25) is 0 Å². The summed E-state index contributed by atoms with van der Waals surface area (Å²) in [6.45, 7) is 2.09. The van der Waals surface area contributed by atoms with Crippen molar-refractivity contribution in [2.45, 2.75) is 18.7 Å². The first-order chi connectivity index (χ1) is 5.22. The van der Waals surface area contributed by atoms with E-state index in [9.17, 15) is 4.79 Å². The highest BCUT2D eigenvalue weighted by molar-refractivity contribution is 7.99. The summed E-state index contributed by atoms with van der Waals surface area (Å²) >= 11 is 7.54. The van der Waals surface area contributed by atoms with Gasteiger partial charge in [0.15, 0.2) is 0 Å². The molecule has 0 fully saturated rings. The summed E-state index contributed by atoms with van der Waals surface area (Å²) in [6.07, 6.45) is 0.750. The van der Waals surface area contributed by atoms with E-state index in [1.54, 1.807) is 18.8 Å². The van der Waals surface area contributed by atoms with Crippen LogP contribution in [-0.2, 0) is 4.79 Å². The predicted octanol–water partition coefficient (Wildman–Crippen LogP) is 1.48. The van der Waals surface area contributed by atoms with Crippen LogP contribution in [0.3, 0.4) is 0 Å². The molecule has 11 heavy (non-hydrogen) atoms. The minimum Gasteiger partial charge on any atom is -0.358 e. The van der Waals surface area contributed by atoms with E-state index >= 15 is 0 Å². The molecule has 0 aliphatic carbocycles. The van der Waals surface area contributed by atoms with Gasteiger partial charge in [-0.05, 0) is 17.9 Å². The summed E-state index contributed by atoms with van der Waals surface area (Å²) in [7, 11) is 1.60. The molecule has 0 bridgehead atoms. The number of nitrogens with one attached hydrogen (secondary N) is 1. The number of carbonyl (C=O) groups is 1. The van der Waals surface area contributed by atoms with Gasteiger partial charge < -0.3 is 5.32 Å². The Morgan fingerprint density at radius 1 is 1.73 bits per heavy atom. The summed E-state index contributed by atoms with van der Waals surface area (Å²) < 4.78 is 0. The molecule has 0 aromatic heterocycles. The summed E-state index contributed by atoms with van der Waals surface area (Å²) in [5.74, 6) is 1.96. The van der Waals surface area contributed by atoms with E-state index in [4.69, 9.17) is 11.6 Å². The van der Waals surface area contributed by atoms with Crippen LogP contribution in [-0.4, -0.2) is 29.8 Å². The quantitative estimate of drug-likeness (QED) is 0.532. The van der Waals surface area contributed by atoms with Gasteiger partial charge in [0.25, 0.3) is 0 Å². The molecule has 0 saturated carbocycles. The van der Waals surface area contributed by atoms with Gasteiger partial charge in [-0.1, -0.05) is 6.92 Å². The average Bonchev–Trinajstić information content (AvgIpc) is 2.03. The summed E-state index contributed by atoms with van der Waals surface area (Å²) in [5.41, 5.74) is 0. The third-order valence-corrected chi connectivity index (χ3v) is 2.60. The number of hydrogen-bond acceptors (Lipinski definition) is 2. The van der Waals surface area contributed by atoms with E-state index in [2.05, 4.69) is 12.2 Å². The van der Waals surface area contributed by atoms with Crippen molar-refractivity contribution in [3.8, 4) is 0 Å². The van der Waals surface area contributed by atoms with Crippen LogP contribution in [0.5, 0.6) is 0 Å². The molecule has 1 atom stereocenters. The van der Waals surface area contributed by atoms with Crippen LogP contribution in [0.4, 0.5) is 0 Å². The van der Waals surface area contributed by atoms with E-state index < -0.39 is 0 Å². The van der Waals surface area contributed by atoms with Crippen molar-refractivity contribution in [3.05, 3.63) is 0 Å². The van der Waals surface area contributed by atoms with Gasteiger partial charge in [-0.15, -0.1) is 11.6 Å². The minimum absolute atomic E-state index is 0.0802. The molecule has 1 amide bonds. The zero-order valence-electron chi connectivity index (χ0n) is 6.89. The molecule has 0 saturated heterocycles. The zero-order chi connectivity index (χ0) is 8.69. The standard InChI is InChI=1S/C7H14ClNOS/c1-3-11-5-4-6(8)7(10)9-2/h6H,3-5H2,1-2H3,(H,9,10). The second-order valence-electron chi connectivity index (χ2n) is 2.07. The number of amides is 1. The Morgan fingerprint density at radius 2 is 2.36 bits per heavy atom. The molecule has 1 N–H and O–H groups in total. The van der Waals surface area contributed by atoms with Crippen LogP contribution in [0, 0.1) is 0 Å². The first-order valence-electron chi connectivity index (χ1n) is 3.65. The number of rotatable bonds is 5. The van der Waals surface area contributed by atoms with Crippen LogP contribution >= 0.6 is 23.4 Å². The lowest BCUT2D eigenvalue weighted by Crippen LogP contribution is -2.28. The summed E-state index contributed by atoms with van der Waals surface area (Å²) in [6, 6.07) is 0. The van der Waals surface area contributed by atoms with Crippen LogP contribution < -0.4 is 5.32 Å². The fourth-order valence-electron chi connectivity index (χ4n) is 0.619. The van der Waals surface area contributed by atoms with Crippen molar-refractivity contribution < 1.29 is 4.79 Å². The molecule has 0 heterocycles. The Kier molecular flexibility index (Phi) is 6.87. The highest BCUT2D eigenvalue weighted by Crippen LogP contribution is 2.08. The smallest absolute Gasteiger partial charge is 0.237 e. The highest BCUT2D eigenvalue weighted by atomic mass is 35.5. The Morgan fingerprint density at radius 3 is 2.82 bits per heavy atom. The first-order valence-corrected chi connectivity index (χ1v) is 5.24. The van der Waals surface area contributed by atoms with Crippen molar-refractivity contribution in [1.29, 1.82) is 0 Å². The van der Waals surface area contributed by atoms with E-state index in [1.807, 2.05) is 0 Å². The Balaban J connectivity index is 3.36. The topological polar surface area (TPSA) is 29.1 Å². The molecule has 0 spiro atoms. The normalized spacial score (nSPS) is 12.6. The molecular weight excluding hydrogens is 182 g/mol. The van der Waals surface area contributed by atoms with Crippen LogP contribution in [0.25, 0.3) is 0 Å². The van der Waals surface area contributed by atoms with Crippen molar-refractivity contribution in [3.63, 3.8) is 0 Å². The van der Waals surface area contributed by atoms with Gasteiger partial charge in [0.1, 0.15) is 5.38 Å². The van der Waals surface area contributed by atoms with E-state index in [0.29, 0.717) is 0 Å². The number of halogens is 1. The fourth-order valence-corrected chi connectivity index (χ4v) is 1.66. The first kappa shape index (κ1) is 11.1. The maximum Gasteiger partial charge on any atom is 0.237 e. The number of hydrogen-bond donors (Lipinski definition) is 1. The van der Waals surface area contributed by atoms with Crippen molar-refractivity contribution in [2.24, 2.45) is 0 Å². The predicted molar refractivity (Wildman–Crippen MR) is 51.3 cm³/mol. The van der Waals surface area contributed by atoms with Crippen molar-refractivity contribution in [2.75, 3.05) is 18.6 Å². The van der Waals surface area contributed by atoms with Gasteiger partial charge in [-0.25, -0.2) is 0 Å². The lowest BCUT2D eigenvalue weighted by molar-refractivity contribution is -0.120. The lowest BCUT2D eigenvalue weighted by Gasteiger charge is -2.05. The van der Waals surface area contributed by atoms with Gasteiger partial charge in [0.05, 0.1) is 0 Å². The van der Waals surface area contributed by atoms with E-state index in [1.165, 1.54) is 0 Å². The minimum atomic E-state index is -0.362. The average molecular weight is 196 g/mol. The third-order valence-electron chi connectivity index (χ3n) is 1.25. The molecule has 0 rings (SSSR count). The second-order valence-corrected chi connectivity index (χ2v) is 3.99. The molecule has 0 radical (unpaired) electrons. The third kappa shape index (κ3) is 5.39. The Hall–Kier alpha value is 0.110. The second kappa shape index (κ2) is 6.80. The lowest BCUT2D eigenvalue weighted by atomic mass is 10.3. The van der Waals surface area contributed by atoms with E-state index in [0.717, 1.165) is 17.9 Å². The van der Waals surface area contributed by atoms with Gasteiger partial charge in [0, 0.05) is 7.05 Å². The van der Waals surface area contributed by atoms with Gasteiger partial charge >= 0.3 is 0 Å². The molecule has 0 aliphatic heterocycles. The van der Waals surface area contributed by atoms with Gasteiger partial charge in [-0.2, -0.15) is 11.8 Å². The maximum atomic E-state index is 10.9. The molecule has 0 aromatic rings. The molecule has 0 aliphatic rings. The highest BCUT2D eigenvalue weighted by Gasteiger charge is 2.11. The number of thioether (sulfide) groups is 1. The number of alkyl halides is 1. The van der Waals surface area contributed by atoms with Crippen molar-refractivity contribution in [1.82, 2.24) is 5.32 Å². The molecular formula is C7H14ClNOS. The van der Waals surface area contributed by atoms with Gasteiger partial charge in [0.2, 0.25) is 5.91 Å².